The average molecular weight is 561 g/mol. The summed E-state index contributed by atoms with van der Waals surface area (Å²) in [5.74, 6) is 0.566. The van der Waals surface area contributed by atoms with E-state index in [1.807, 2.05) is 13.8 Å². The summed E-state index contributed by atoms with van der Waals surface area (Å²) in [6, 6.07) is 4.57. The van der Waals surface area contributed by atoms with Gasteiger partial charge in [-0.05, 0) is 50.3 Å². The van der Waals surface area contributed by atoms with Crippen LogP contribution in [0.5, 0.6) is 0 Å². The summed E-state index contributed by atoms with van der Waals surface area (Å²) in [6.07, 6.45) is 2.74. The number of sulfonamides is 1. The van der Waals surface area contributed by atoms with Crippen molar-refractivity contribution in [2.75, 3.05) is 31.9 Å². The lowest BCUT2D eigenvalue weighted by atomic mass is 10.1. The van der Waals surface area contributed by atoms with Gasteiger partial charge in [-0.1, -0.05) is 24.6 Å². The average Bonchev–Trinajstić information content (AvgIpc) is 2.64. The SMILES string of the molecule is CCCS(=O)(=O)N1CCC(NC(=NCCc2ccc(F)cc2Cl)NCC)CC1.I. The zero-order chi connectivity index (χ0) is 20.6. The monoisotopic (exact) mass is 560 g/mol. The minimum absolute atomic E-state index is 0. The number of benzene rings is 1. The summed E-state index contributed by atoms with van der Waals surface area (Å²) >= 11 is 6.06. The van der Waals surface area contributed by atoms with E-state index in [1.54, 1.807) is 10.4 Å². The highest BCUT2D eigenvalue weighted by molar-refractivity contribution is 14.0. The molecule has 0 aromatic heterocycles. The van der Waals surface area contributed by atoms with Gasteiger partial charge in [-0.3, -0.25) is 4.99 Å². The first kappa shape index (κ1) is 26.4. The van der Waals surface area contributed by atoms with Gasteiger partial charge in [0.1, 0.15) is 5.82 Å². The normalized spacial score (nSPS) is 16.3. The fourth-order valence-electron chi connectivity index (χ4n) is 3.19. The van der Waals surface area contributed by atoms with E-state index in [1.165, 1.54) is 12.1 Å². The Hall–Kier alpha value is -0.650. The Morgan fingerprint density at radius 1 is 1.31 bits per heavy atom. The lowest BCUT2D eigenvalue weighted by molar-refractivity contribution is 0.306. The van der Waals surface area contributed by atoms with Crippen molar-refractivity contribution in [1.29, 1.82) is 0 Å². The number of piperidine rings is 1. The molecule has 0 spiro atoms. The van der Waals surface area contributed by atoms with Crippen LogP contribution in [0.1, 0.15) is 38.7 Å². The number of hydrogen-bond acceptors (Lipinski definition) is 3. The van der Waals surface area contributed by atoms with E-state index in [-0.39, 0.29) is 41.6 Å². The fourth-order valence-corrected chi connectivity index (χ4v) is 4.99. The van der Waals surface area contributed by atoms with Gasteiger partial charge in [0.15, 0.2) is 5.96 Å². The summed E-state index contributed by atoms with van der Waals surface area (Å²) < 4.78 is 39.1. The van der Waals surface area contributed by atoms with Gasteiger partial charge in [-0.25, -0.2) is 17.1 Å². The third kappa shape index (κ3) is 8.55. The molecule has 0 unspecified atom stereocenters. The summed E-state index contributed by atoms with van der Waals surface area (Å²) in [5.41, 5.74) is 0.858. The Bertz CT molecular complexity index is 771. The Balaban J connectivity index is 0.00000420. The number of nitrogens with zero attached hydrogens (tertiary/aromatic N) is 2. The predicted octanol–water partition coefficient (Wildman–Crippen LogP) is 3.40. The largest absolute Gasteiger partial charge is 0.357 e. The molecular weight excluding hydrogens is 530 g/mol. The van der Waals surface area contributed by atoms with Gasteiger partial charge < -0.3 is 10.6 Å². The Morgan fingerprint density at radius 3 is 2.59 bits per heavy atom. The van der Waals surface area contributed by atoms with Crippen molar-refractivity contribution in [3.63, 3.8) is 0 Å². The maximum atomic E-state index is 13.1. The maximum Gasteiger partial charge on any atom is 0.214 e. The molecule has 2 N–H and O–H groups in total. The van der Waals surface area contributed by atoms with Crippen LogP contribution >= 0.6 is 35.6 Å². The van der Waals surface area contributed by atoms with Crippen LogP contribution in [0.2, 0.25) is 5.02 Å². The van der Waals surface area contributed by atoms with E-state index in [9.17, 15) is 12.8 Å². The second kappa shape index (κ2) is 12.9. The van der Waals surface area contributed by atoms with Gasteiger partial charge in [-0.2, -0.15) is 0 Å². The zero-order valence-corrected chi connectivity index (χ0v) is 20.9. The Kier molecular flexibility index (Phi) is 11.7. The Morgan fingerprint density at radius 2 is 2.00 bits per heavy atom. The molecule has 10 heteroatoms. The molecule has 0 saturated carbocycles. The molecule has 1 aliphatic heterocycles. The van der Waals surface area contributed by atoms with E-state index in [2.05, 4.69) is 15.6 Å². The van der Waals surface area contributed by atoms with Crippen molar-refractivity contribution in [3.05, 3.63) is 34.6 Å². The molecule has 1 aliphatic rings. The molecule has 1 fully saturated rings. The van der Waals surface area contributed by atoms with Crippen molar-refractivity contribution in [3.8, 4) is 0 Å². The highest BCUT2D eigenvalue weighted by Gasteiger charge is 2.27. The number of hydrogen-bond donors (Lipinski definition) is 2. The molecule has 166 valence electrons. The summed E-state index contributed by atoms with van der Waals surface area (Å²) in [7, 11) is -3.13. The van der Waals surface area contributed by atoms with Crippen LogP contribution in [-0.4, -0.2) is 56.7 Å². The molecule has 0 aliphatic carbocycles. The van der Waals surface area contributed by atoms with Crippen molar-refractivity contribution in [2.45, 2.75) is 45.6 Å². The molecular formula is C19H31ClFIN4O2S. The van der Waals surface area contributed by atoms with Crippen LogP contribution in [-0.2, 0) is 16.4 Å². The van der Waals surface area contributed by atoms with Gasteiger partial charge in [-0.15, -0.1) is 24.0 Å². The highest BCUT2D eigenvalue weighted by atomic mass is 127. The van der Waals surface area contributed by atoms with Crippen LogP contribution in [0.3, 0.4) is 0 Å². The van der Waals surface area contributed by atoms with Gasteiger partial charge in [0.2, 0.25) is 10.0 Å². The van der Waals surface area contributed by atoms with Crippen molar-refractivity contribution in [2.24, 2.45) is 4.99 Å². The van der Waals surface area contributed by atoms with Crippen LogP contribution in [0.4, 0.5) is 4.39 Å². The molecule has 0 bridgehead atoms. The van der Waals surface area contributed by atoms with Gasteiger partial charge >= 0.3 is 0 Å². The van der Waals surface area contributed by atoms with Crippen LogP contribution in [0.25, 0.3) is 0 Å². The number of rotatable bonds is 8. The first-order valence-electron chi connectivity index (χ1n) is 9.82. The van der Waals surface area contributed by atoms with Crippen molar-refractivity contribution >= 4 is 51.6 Å². The molecule has 2 rings (SSSR count). The van der Waals surface area contributed by atoms with E-state index in [0.717, 1.165) is 24.9 Å². The third-order valence-electron chi connectivity index (χ3n) is 4.66. The smallest absolute Gasteiger partial charge is 0.214 e. The Labute approximate surface area is 195 Å². The second-order valence-electron chi connectivity index (χ2n) is 6.88. The van der Waals surface area contributed by atoms with Gasteiger partial charge in [0.25, 0.3) is 0 Å². The fraction of sp³-hybridized carbons (Fsp3) is 0.632. The number of nitrogens with one attached hydrogen (secondary N) is 2. The summed E-state index contributed by atoms with van der Waals surface area (Å²) in [6.45, 7) is 6.19. The molecule has 1 saturated heterocycles. The van der Waals surface area contributed by atoms with Gasteiger partial charge in [0, 0.05) is 37.2 Å². The van der Waals surface area contributed by atoms with Crippen molar-refractivity contribution in [1.82, 2.24) is 14.9 Å². The standard InChI is InChI=1S/C19H30ClFN4O2S.HI/c1-3-13-28(26,27)25-11-8-17(9-12-25)24-19(22-4-2)23-10-7-15-5-6-16(21)14-18(15)20;/h5-6,14,17H,3-4,7-13H2,1-2H3,(H2,22,23,24);1H. The quantitative estimate of drug-likeness (QED) is 0.290. The maximum absolute atomic E-state index is 13.1. The first-order valence-corrected chi connectivity index (χ1v) is 11.8. The van der Waals surface area contributed by atoms with E-state index in [4.69, 9.17) is 11.6 Å². The molecule has 0 atom stereocenters. The summed E-state index contributed by atoms with van der Waals surface area (Å²) in [5, 5.41) is 7.02. The lowest BCUT2D eigenvalue weighted by Gasteiger charge is -2.32. The highest BCUT2D eigenvalue weighted by Crippen LogP contribution is 2.18. The summed E-state index contributed by atoms with van der Waals surface area (Å²) in [4.78, 5) is 4.57. The van der Waals surface area contributed by atoms with Crippen LogP contribution in [0, 0.1) is 5.82 Å². The van der Waals surface area contributed by atoms with Crippen molar-refractivity contribution < 1.29 is 12.8 Å². The second-order valence-corrected chi connectivity index (χ2v) is 9.38. The number of guanidine groups is 1. The topological polar surface area (TPSA) is 73.8 Å². The number of aliphatic imine (C=N–C) groups is 1. The molecule has 1 aromatic carbocycles. The van der Waals surface area contributed by atoms with Gasteiger partial charge in [0.05, 0.1) is 5.75 Å². The third-order valence-corrected chi connectivity index (χ3v) is 7.09. The molecule has 0 radical (unpaired) electrons. The minimum atomic E-state index is -3.13. The van der Waals surface area contributed by atoms with E-state index < -0.39 is 10.0 Å². The molecule has 0 amide bonds. The zero-order valence-electron chi connectivity index (χ0n) is 17.0. The number of halogens is 3. The minimum Gasteiger partial charge on any atom is -0.357 e. The molecule has 6 nitrogen and oxygen atoms in total. The first-order chi connectivity index (χ1) is 13.4. The molecule has 1 heterocycles. The van der Waals surface area contributed by atoms with Crippen LogP contribution in [0.15, 0.2) is 23.2 Å². The predicted molar refractivity (Wildman–Crippen MR) is 128 cm³/mol. The molecule has 29 heavy (non-hydrogen) atoms. The van der Waals surface area contributed by atoms with Crippen LogP contribution < -0.4 is 10.6 Å². The lowest BCUT2D eigenvalue weighted by Crippen LogP contribution is -2.50. The van der Waals surface area contributed by atoms with E-state index >= 15 is 0 Å². The molecule has 1 aromatic rings. The van der Waals surface area contributed by atoms with E-state index in [0.29, 0.717) is 43.5 Å².